The molecule has 2 aliphatic heterocycles. The number of carbonyl (C=O) groups excluding carboxylic acids is 2. The van der Waals surface area contributed by atoms with E-state index >= 15 is 0 Å². The second-order valence-corrected chi connectivity index (χ2v) is 9.85. The molecule has 0 bridgehead atoms. The molecule has 0 aromatic heterocycles. The molecule has 1 aromatic rings. The zero-order chi connectivity index (χ0) is 23.3. The van der Waals surface area contributed by atoms with E-state index in [1.807, 2.05) is 45.8 Å². The Morgan fingerprint density at radius 3 is 2.19 bits per heavy atom. The molecule has 0 spiro atoms. The minimum Gasteiger partial charge on any atom is -0.444 e. The molecule has 2 heterocycles. The molecule has 0 saturated carbocycles. The van der Waals surface area contributed by atoms with Crippen LogP contribution in [-0.4, -0.2) is 75.5 Å². The average Bonchev–Trinajstić information content (AvgIpc) is 2.74. The predicted octanol–water partition coefficient (Wildman–Crippen LogP) is 3.71. The van der Waals surface area contributed by atoms with Crippen LogP contribution >= 0.6 is 0 Å². The van der Waals surface area contributed by atoms with Crippen molar-refractivity contribution >= 4 is 29.6 Å². The van der Waals surface area contributed by atoms with E-state index in [9.17, 15) is 9.59 Å². The summed E-state index contributed by atoms with van der Waals surface area (Å²) in [5, 5.41) is 2.77. The normalized spacial score (nSPS) is 18.4. The Labute approximate surface area is 191 Å². The van der Waals surface area contributed by atoms with Crippen LogP contribution in [0.3, 0.4) is 0 Å². The number of nitrogens with zero attached hydrogens (tertiary/aromatic N) is 3. The van der Waals surface area contributed by atoms with Crippen molar-refractivity contribution in [1.29, 1.82) is 0 Å². The molecule has 8 heteroatoms. The fraction of sp³-hybridized carbons (Fsp3) is 0.667. The van der Waals surface area contributed by atoms with Gasteiger partial charge in [0.1, 0.15) is 5.60 Å². The summed E-state index contributed by atoms with van der Waals surface area (Å²) in [5.74, 6) is 0. The van der Waals surface area contributed by atoms with E-state index in [4.69, 9.17) is 9.47 Å². The molecule has 178 valence electrons. The number of nitrogens with one attached hydrogen (secondary N) is 1. The van der Waals surface area contributed by atoms with Gasteiger partial charge in [-0.25, -0.2) is 4.79 Å². The van der Waals surface area contributed by atoms with Gasteiger partial charge in [0.25, 0.3) is 0 Å². The second kappa shape index (κ2) is 10.4. The van der Waals surface area contributed by atoms with Gasteiger partial charge >= 0.3 is 6.09 Å². The maximum absolute atomic E-state index is 12.2. The molecular formula is C24H38N4O4. The molecular weight excluding hydrogens is 408 g/mol. The van der Waals surface area contributed by atoms with Gasteiger partial charge in [-0.2, -0.15) is 0 Å². The van der Waals surface area contributed by atoms with Gasteiger partial charge in [0.05, 0.1) is 23.6 Å². The van der Waals surface area contributed by atoms with Crippen molar-refractivity contribution in [3.63, 3.8) is 0 Å². The summed E-state index contributed by atoms with van der Waals surface area (Å²) in [6.07, 6.45) is 4.63. The maximum atomic E-state index is 12.2. The summed E-state index contributed by atoms with van der Waals surface area (Å²) in [6, 6.07) is 6.14. The first-order valence-electron chi connectivity index (χ1n) is 11.6. The lowest BCUT2D eigenvalue weighted by Crippen LogP contribution is -2.45. The highest BCUT2D eigenvalue weighted by Gasteiger charge is 2.29. The fourth-order valence-electron chi connectivity index (χ4n) is 4.30. The third-order valence-electron chi connectivity index (χ3n) is 5.96. The number of amides is 2. The third kappa shape index (κ3) is 6.51. The van der Waals surface area contributed by atoms with Gasteiger partial charge in [-0.3, -0.25) is 4.79 Å². The smallest absolute Gasteiger partial charge is 0.410 e. The fourth-order valence-corrected chi connectivity index (χ4v) is 4.30. The lowest BCUT2D eigenvalue weighted by atomic mass is 10.0. The Morgan fingerprint density at radius 1 is 1.06 bits per heavy atom. The van der Waals surface area contributed by atoms with E-state index in [1.54, 1.807) is 4.90 Å². The van der Waals surface area contributed by atoms with Crippen LogP contribution in [0.1, 0.15) is 46.5 Å². The number of carbonyl (C=O) groups is 2. The topological polar surface area (TPSA) is 74.3 Å². The molecule has 2 saturated heterocycles. The molecule has 32 heavy (non-hydrogen) atoms. The molecule has 2 fully saturated rings. The number of benzene rings is 1. The van der Waals surface area contributed by atoms with Gasteiger partial charge in [0.2, 0.25) is 6.41 Å². The summed E-state index contributed by atoms with van der Waals surface area (Å²) in [7, 11) is 3.95. The van der Waals surface area contributed by atoms with Crippen LogP contribution in [0.4, 0.5) is 21.9 Å². The van der Waals surface area contributed by atoms with Gasteiger partial charge in [-0.05, 0) is 64.7 Å². The van der Waals surface area contributed by atoms with E-state index < -0.39 is 5.60 Å². The predicted molar refractivity (Wildman–Crippen MR) is 128 cm³/mol. The summed E-state index contributed by atoms with van der Waals surface area (Å²) in [5.41, 5.74) is 2.50. The van der Waals surface area contributed by atoms with Crippen molar-refractivity contribution in [2.75, 3.05) is 55.4 Å². The van der Waals surface area contributed by atoms with Crippen molar-refractivity contribution in [3.8, 4) is 0 Å². The number of likely N-dealkylation sites (tertiary alicyclic amines) is 1. The minimum atomic E-state index is -0.461. The number of anilines is 3. The van der Waals surface area contributed by atoms with Crippen LogP contribution in [0.2, 0.25) is 0 Å². The summed E-state index contributed by atoms with van der Waals surface area (Å²) < 4.78 is 11.9. The van der Waals surface area contributed by atoms with Crippen molar-refractivity contribution in [1.82, 2.24) is 4.90 Å². The van der Waals surface area contributed by atoms with E-state index in [2.05, 4.69) is 22.3 Å². The van der Waals surface area contributed by atoms with Crippen molar-refractivity contribution in [3.05, 3.63) is 18.2 Å². The molecule has 8 nitrogen and oxygen atoms in total. The zero-order valence-corrected chi connectivity index (χ0v) is 20.1. The highest BCUT2D eigenvalue weighted by molar-refractivity contribution is 5.83. The van der Waals surface area contributed by atoms with Crippen LogP contribution in [0, 0.1) is 0 Å². The first-order chi connectivity index (χ1) is 15.2. The Morgan fingerprint density at radius 2 is 1.66 bits per heavy atom. The molecule has 0 radical (unpaired) electrons. The highest BCUT2D eigenvalue weighted by atomic mass is 16.6. The quantitative estimate of drug-likeness (QED) is 0.672. The lowest BCUT2D eigenvalue weighted by molar-refractivity contribution is -0.105. The van der Waals surface area contributed by atoms with E-state index in [1.165, 1.54) is 0 Å². The number of hydrogen-bond acceptors (Lipinski definition) is 6. The molecule has 3 rings (SSSR count). The first kappa shape index (κ1) is 24.2. The van der Waals surface area contributed by atoms with Crippen molar-refractivity contribution in [2.45, 2.75) is 64.3 Å². The van der Waals surface area contributed by atoms with E-state index in [0.717, 1.165) is 55.8 Å². The van der Waals surface area contributed by atoms with Crippen LogP contribution in [0.15, 0.2) is 18.2 Å². The zero-order valence-electron chi connectivity index (χ0n) is 20.1. The summed E-state index contributed by atoms with van der Waals surface area (Å²) >= 11 is 0. The molecule has 1 N–H and O–H groups in total. The molecule has 2 aliphatic rings. The van der Waals surface area contributed by atoms with Gasteiger partial charge in [0, 0.05) is 46.0 Å². The largest absolute Gasteiger partial charge is 0.444 e. The molecule has 1 aromatic carbocycles. The van der Waals surface area contributed by atoms with Gasteiger partial charge in [0.15, 0.2) is 0 Å². The van der Waals surface area contributed by atoms with Crippen LogP contribution in [0.25, 0.3) is 0 Å². The number of hydrogen-bond donors (Lipinski definition) is 1. The maximum Gasteiger partial charge on any atom is 0.410 e. The molecule has 0 atom stereocenters. The number of rotatable bonds is 6. The average molecular weight is 447 g/mol. The Bertz CT molecular complexity index is 777. The summed E-state index contributed by atoms with van der Waals surface area (Å²) in [4.78, 5) is 29.3. The van der Waals surface area contributed by atoms with Gasteiger partial charge in [-0.15, -0.1) is 0 Å². The second-order valence-electron chi connectivity index (χ2n) is 9.85. The molecule has 0 aliphatic carbocycles. The van der Waals surface area contributed by atoms with Crippen LogP contribution < -0.4 is 15.1 Å². The van der Waals surface area contributed by atoms with Crippen molar-refractivity contribution < 1.29 is 19.1 Å². The Balaban J connectivity index is 1.46. The third-order valence-corrected chi connectivity index (χ3v) is 5.96. The molecule has 2 amide bonds. The standard InChI is InChI=1S/C24H38N4O4/c1-24(2,3)32-23(30)28-14-10-20(11-15-28)31-19-8-12-27(13-9-19)18-6-7-21(25-17-29)22(16-18)26(4)5/h6-7,16-17,19-20H,8-15H2,1-5H3,(H,25,29). The molecule has 0 unspecified atom stereocenters. The monoisotopic (exact) mass is 446 g/mol. The van der Waals surface area contributed by atoms with Gasteiger partial charge < -0.3 is 29.5 Å². The lowest BCUT2D eigenvalue weighted by Gasteiger charge is -2.38. The van der Waals surface area contributed by atoms with Gasteiger partial charge in [-0.1, -0.05) is 0 Å². The summed E-state index contributed by atoms with van der Waals surface area (Å²) in [6.45, 7) is 8.93. The highest BCUT2D eigenvalue weighted by Crippen LogP contribution is 2.31. The van der Waals surface area contributed by atoms with E-state index in [-0.39, 0.29) is 18.3 Å². The first-order valence-corrected chi connectivity index (χ1v) is 11.6. The Kier molecular flexibility index (Phi) is 7.87. The Hall–Kier alpha value is -2.48. The van der Waals surface area contributed by atoms with Crippen molar-refractivity contribution in [2.24, 2.45) is 0 Å². The number of ether oxygens (including phenoxy) is 2. The number of piperidine rings is 2. The van der Waals surface area contributed by atoms with Crippen LogP contribution in [-0.2, 0) is 14.3 Å². The minimum absolute atomic E-state index is 0.208. The van der Waals surface area contributed by atoms with Crippen LogP contribution in [0.5, 0.6) is 0 Å². The van der Waals surface area contributed by atoms with E-state index in [0.29, 0.717) is 19.5 Å². The SMILES string of the molecule is CN(C)c1cc(N2CCC(OC3CCN(C(=O)OC(C)(C)C)CC3)CC2)ccc1NC=O.